The monoisotopic (exact) mass is 498 g/mol. The molecule has 0 radical (unpaired) electrons. The molecule has 0 saturated carbocycles. The predicted octanol–water partition coefficient (Wildman–Crippen LogP) is 4.08. The largest absolute Gasteiger partial charge is 0.497 e. The Morgan fingerprint density at radius 1 is 1.08 bits per heavy atom. The molecule has 0 saturated heterocycles. The Morgan fingerprint density at radius 3 is 2.50 bits per heavy atom. The molecule has 2 heterocycles. The summed E-state index contributed by atoms with van der Waals surface area (Å²) in [6.45, 7) is 5.09. The van der Waals surface area contributed by atoms with E-state index in [1.807, 2.05) is 38.1 Å². The number of methoxy groups -OCH3 is 4. The number of rotatable bonds is 12. The molecule has 2 N–H and O–H groups in total. The number of pyridine rings is 1. The Kier molecular flexibility index (Phi) is 9.13. The fourth-order valence-electron chi connectivity index (χ4n) is 3.91. The van der Waals surface area contributed by atoms with Crippen LogP contribution in [-0.2, 0) is 27.4 Å². The number of carbonyl (C=O) groups is 2. The average Bonchev–Trinajstić information content (AvgIpc) is 3.17. The second-order valence-corrected chi connectivity index (χ2v) is 8.63. The van der Waals surface area contributed by atoms with E-state index in [1.165, 1.54) is 7.11 Å². The smallest absolute Gasteiger partial charge is 0.356 e. The molecule has 194 valence electrons. The van der Waals surface area contributed by atoms with Crippen molar-refractivity contribution in [3.63, 3.8) is 0 Å². The van der Waals surface area contributed by atoms with Crippen LogP contribution in [0.4, 0.5) is 11.4 Å². The van der Waals surface area contributed by atoms with E-state index >= 15 is 0 Å². The third-order valence-corrected chi connectivity index (χ3v) is 5.63. The molecule has 0 bridgehead atoms. The number of hydrogen-bond donors (Lipinski definition) is 2. The van der Waals surface area contributed by atoms with Gasteiger partial charge in [0, 0.05) is 43.6 Å². The van der Waals surface area contributed by atoms with Crippen LogP contribution in [-0.4, -0.2) is 56.5 Å². The highest BCUT2D eigenvalue weighted by Crippen LogP contribution is 2.33. The summed E-state index contributed by atoms with van der Waals surface area (Å²) in [6.07, 6.45) is 2.00. The fourth-order valence-corrected chi connectivity index (χ4v) is 3.91. The predicted molar refractivity (Wildman–Crippen MR) is 138 cm³/mol. The lowest BCUT2D eigenvalue weighted by atomic mass is 10.1. The first-order valence-corrected chi connectivity index (χ1v) is 11.7. The zero-order chi connectivity index (χ0) is 26.2. The number of fused-ring (bicyclic) bond motifs is 1. The lowest BCUT2D eigenvalue weighted by Crippen LogP contribution is -2.19. The van der Waals surface area contributed by atoms with Gasteiger partial charge < -0.3 is 34.1 Å². The Morgan fingerprint density at radius 2 is 1.86 bits per heavy atom. The van der Waals surface area contributed by atoms with Gasteiger partial charge in [-0.25, -0.2) is 9.78 Å². The topological polar surface area (TPSA) is 113 Å². The number of benzene rings is 1. The summed E-state index contributed by atoms with van der Waals surface area (Å²) in [5.74, 6) is 0.788. The molecule has 3 aromatic rings. The van der Waals surface area contributed by atoms with Gasteiger partial charge in [-0.2, -0.15) is 0 Å². The Hall–Kier alpha value is -3.79. The summed E-state index contributed by atoms with van der Waals surface area (Å²) in [6, 6.07) is 7.46. The molecule has 0 unspecified atom stereocenters. The maximum absolute atomic E-state index is 12.8. The van der Waals surface area contributed by atoms with Gasteiger partial charge in [0.2, 0.25) is 5.91 Å². The van der Waals surface area contributed by atoms with Crippen molar-refractivity contribution in [1.82, 2.24) is 9.55 Å². The van der Waals surface area contributed by atoms with Gasteiger partial charge in [-0.05, 0) is 24.1 Å². The van der Waals surface area contributed by atoms with Crippen LogP contribution < -0.4 is 20.1 Å². The van der Waals surface area contributed by atoms with E-state index in [-0.39, 0.29) is 17.5 Å². The third kappa shape index (κ3) is 6.06. The van der Waals surface area contributed by atoms with Gasteiger partial charge in [0.25, 0.3) is 0 Å². The molecule has 0 aliphatic carbocycles. The molecule has 0 aliphatic rings. The van der Waals surface area contributed by atoms with Gasteiger partial charge >= 0.3 is 5.97 Å². The summed E-state index contributed by atoms with van der Waals surface area (Å²) in [5, 5.41) is 6.89. The van der Waals surface area contributed by atoms with Gasteiger partial charge in [-0.1, -0.05) is 13.8 Å². The van der Waals surface area contributed by atoms with Crippen molar-refractivity contribution in [3.8, 4) is 11.5 Å². The van der Waals surface area contributed by atoms with Crippen LogP contribution in [0.1, 0.15) is 36.3 Å². The van der Waals surface area contributed by atoms with Crippen LogP contribution in [0.25, 0.3) is 11.0 Å². The highest BCUT2D eigenvalue weighted by Gasteiger charge is 2.26. The first-order valence-electron chi connectivity index (χ1n) is 11.7. The lowest BCUT2D eigenvalue weighted by molar-refractivity contribution is -0.116. The van der Waals surface area contributed by atoms with Crippen molar-refractivity contribution in [1.29, 1.82) is 0 Å². The molecule has 2 aromatic heterocycles. The number of hydrogen-bond acceptors (Lipinski definition) is 8. The van der Waals surface area contributed by atoms with Gasteiger partial charge in [-0.3, -0.25) is 4.79 Å². The van der Waals surface area contributed by atoms with Crippen molar-refractivity contribution in [2.24, 2.45) is 5.92 Å². The van der Waals surface area contributed by atoms with Crippen LogP contribution in [0.3, 0.4) is 0 Å². The number of amides is 1. The van der Waals surface area contributed by atoms with Crippen LogP contribution in [0.2, 0.25) is 0 Å². The van der Waals surface area contributed by atoms with Gasteiger partial charge in [0.15, 0.2) is 5.69 Å². The minimum atomic E-state index is -0.568. The second-order valence-electron chi connectivity index (χ2n) is 8.63. The number of esters is 1. The number of anilines is 2. The molecule has 10 nitrogen and oxygen atoms in total. The van der Waals surface area contributed by atoms with Crippen molar-refractivity contribution in [2.45, 2.75) is 33.4 Å². The lowest BCUT2D eigenvalue weighted by Gasteiger charge is -2.12. The quantitative estimate of drug-likeness (QED) is 0.359. The number of ether oxygens (including phenoxy) is 4. The van der Waals surface area contributed by atoms with Crippen molar-refractivity contribution in [2.75, 3.05) is 45.7 Å². The molecule has 3 rings (SSSR count). The number of nitrogens with zero attached hydrogens (tertiary/aromatic N) is 2. The molecule has 0 atom stereocenters. The van der Waals surface area contributed by atoms with Gasteiger partial charge in [0.1, 0.15) is 17.1 Å². The minimum absolute atomic E-state index is 0.156. The van der Waals surface area contributed by atoms with Crippen LogP contribution >= 0.6 is 0 Å². The average molecular weight is 499 g/mol. The van der Waals surface area contributed by atoms with Crippen molar-refractivity contribution < 1.29 is 28.5 Å². The van der Waals surface area contributed by atoms with Crippen LogP contribution in [0.5, 0.6) is 11.5 Å². The molecular formula is C26H34N4O6. The van der Waals surface area contributed by atoms with E-state index in [0.717, 1.165) is 5.56 Å². The van der Waals surface area contributed by atoms with Crippen molar-refractivity contribution >= 4 is 34.3 Å². The molecule has 36 heavy (non-hydrogen) atoms. The van der Waals surface area contributed by atoms with Gasteiger partial charge in [0.05, 0.1) is 45.5 Å². The summed E-state index contributed by atoms with van der Waals surface area (Å²) in [4.78, 5) is 30.1. The molecule has 10 heteroatoms. The minimum Gasteiger partial charge on any atom is -0.497 e. The Bertz CT molecular complexity index is 1220. The Labute approximate surface area is 210 Å². The van der Waals surface area contributed by atoms with Crippen LogP contribution in [0, 0.1) is 5.92 Å². The SMILES string of the molecule is COCCn1c(C(=O)OC)c(NC(=O)CC(C)C)c2cc(NCc3ccc(OC)cc3OC)cnc21. The maximum Gasteiger partial charge on any atom is 0.356 e. The molecular weight excluding hydrogens is 464 g/mol. The van der Waals surface area contributed by atoms with Crippen molar-refractivity contribution in [3.05, 3.63) is 41.7 Å². The first-order chi connectivity index (χ1) is 17.3. The van der Waals surface area contributed by atoms with E-state index in [1.54, 1.807) is 32.1 Å². The number of carbonyl (C=O) groups excluding carboxylic acids is 2. The van der Waals surface area contributed by atoms with Crippen LogP contribution in [0.15, 0.2) is 30.5 Å². The third-order valence-electron chi connectivity index (χ3n) is 5.63. The standard InChI is InChI=1S/C26H34N4O6/c1-16(2)11-22(31)29-23-20-12-18(27-14-17-7-8-19(34-4)13-21(17)35-5)15-28-25(20)30(9-10-33-3)24(23)26(32)36-6/h7-8,12-13,15-16,27H,9-11,14H2,1-6H3,(H,29,31). The summed E-state index contributed by atoms with van der Waals surface area (Å²) >= 11 is 0. The number of aromatic nitrogens is 2. The summed E-state index contributed by atoms with van der Waals surface area (Å²) in [7, 11) is 6.10. The first kappa shape index (κ1) is 26.8. The van der Waals surface area contributed by atoms with E-state index in [2.05, 4.69) is 15.6 Å². The number of nitrogens with one attached hydrogen (secondary N) is 2. The normalized spacial score (nSPS) is 11.0. The zero-order valence-electron chi connectivity index (χ0n) is 21.6. The highest BCUT2D eigenvalue weighted by molar-refractivity contribution is 6.11. The second kappa shape index (κ2) is 12.3. The molecule has 0 spiro atoms. The van der Waals surface area contributed by atoms with E-state index < -0.39 is 5.97 Å². The fraction of sp³-hybridized carbons (Fsp3) is 0.423. The molecule has 1 amide bonds. The van der Waals surface area contributed by atoms with E-state index in [4.69, 9.17) is 18.9 Å². The molecule has 0 fully saturated rings. The maximum atomic E-state index is 12.8. The summed E-state index contributed by atoms with van der Waals surface area (Å²) in [5.41, 5.74) is 2.77. The molecule has 1 aromatic carbocycles. The van der Waals surface area contributed by atoms with E-state index in [9.17, 15) is 9.59 Å². The zero-order valence-corrected chi connectivity index (χ0v) is 21.6. The van der Waals surface area contributed by atoms with E-state index in [0.29, 0.717) is 60.0 Å². The Balaban J connectivity index is 2.03. The highest BCUT2D eigenvalue weighted by atomic mass is 16.5. The summed E-state index contributed by atoms with van der Waals surface area (Å²) < 4.78 is 22.8. The van der Waals surface area contributed by atoms with Gasteiger partial charge in [-0.15, -0.1) is 0 Å². The molecule has 0 aliphatic heterocycles.